The second kappa shape index (κ2) is 2.26. The molecule has 0 saturated heterocycles. The molecule has 1 aromatic heterocycles. The molecule has 1 radical (unpaired) electrons. The first-order valence-electron chi connectivity index (χ1n) is 3.19. The molecule has 1 rings (SSSR count). The average molecular weight is 122 g/mol. The van der Waals surface area contributed by atoms with E-state index in [2.05, 4.69) is 32.2 Å². The summed E-state index contributed by atoms with van der Waals surface area (Å²) < 4.78 is 0. The number of nitrogens with one attached hydrogen (secondary N) is 1. The molecule has 1 nitrogen and oxygen atoms in total. The van der Waals surface area contributed by atoms with Crippen LogP contribution in [0.2, 0.25) is 0 Å². The molecule has 0 spiro atoms. The van der Waals surface area contributed by atoms with Crippen molar-refractivity contribution in [2.45, 2.75) is 20.8 Å². The summed E-state index contributed by atoms with van der Waals surface area (Å²) in [7, 11) is 0. The highest BCUT2D eigenvalue weighted by atomic mass is 14.7. The molecule has 1 heteroatoms. The van der Waals surface area contributed by atoms with Gasteiger partial charge in [-0.3, -0.25) is 0 Å². The molecule has 9 heavy (non-hydrogen) atoms. The maximum absolute atomic E-state index is 3.16. The summed E-state index contributed by atoms with van der Waals surface area (Å²) in [6, 6.07) is 0. The van der Waals surface area contributed by atoms with Gasteiger partial charge in [0.15, 0.2) is 0 Å². The minimum absolute atomic E-state index is 1.26. The average Bonchev–Trinajstić information content (AvgIpc) is 2.12. The largest absolute Gasteiger partial charge is 0.365 e. The third-order valence-electron chi connectivity index (χ3n) is 1.62. The van der Waals surface area contributed by atoms with E-state index in [4.69, 9.17) is 0 Å². The topological polar surface area (TPSA) is 15.8 Å². The number of hydrogen-bond donors (Lipinski definition) is 1. The third kappa shape index (κ3) is 0.995. The van der Waals surface area contributed by atoms with Gasteiger partial charge in [-0.2, -0.15) is 0 Å². The molecule has 0 aliphatic rings. The molecule has 1 heterocycles. The number of aromatic nitrogens is 1. The van der Waals surface area contributed by atoms with Gasteiger partial charge in [0.25, 0.3) is 0 Å². The van der Waals surface area contributed by atoms with Crippen LogP contribution in [-0.2, 0) is 0 Å². The quantitative estimate of drug-likeness (QED) is 0.587. The highest BCUT2D eigenvalue weighted by molar-refractivity contribution is 5.34. The Bertz CT molecular complexity index is 179. The Kier molecular flexibility index (Phi) is 1.60. The van der Waals surface area contributed by atoms with Crippen molar-refractivity contribution in [1.29, 1.82) is 0 Å². The van der Waals surface area contributed by atoms with Gasteiger partial charge in [-0.25, -0.2) is 0 Å². The van der Waals surface area contributed by atoms with E-state index in [1.165, 1.54) is 16.8 Å². The van der Waals surface area contributed by atoms with Crippen molar-refractivity contribution < 1.29 is 0 Å². The van der Waals surface area contributed by atoms with E-state index in [0.29, 0.717) is 0 Å². The second-order valence-corrected chi connectivity index (χ2v) is 2.30. The lowest BCUT2D eigenvalue weighted by atomic mass is 10.1. The first-order chi connectivity index (χ1) is 4.25. The zero-order valence-electron chi connectivity index (χ0n) is 6.15. The lowest BCUT2D eigenvalue weighted by Crippen LogP contribution is -1.79. The molecule has 1 aromatic rings. The minimum Gasteiger partial charge on any atom is -0.365 e. The summed E-state index contributed by atoms with van der Waals surface area (Å²) >= 11 is 0. The van der Waals surface area contributed by atoms with Crippen LogP contribution >= 0.6 is 0 Å². The highest BCUT2D eigenvalue weighted by Gasteiger charge is 1.99. The van der Waals surface area contributed by atoms with Gasteiger partial charge >= 0.3 is 0 Å². The van der Waals surface area contributed by atoms with Gasteiger partial charge in [-0.1, -0.05) is 6.92 Å². The predicted molar refractivity (Wildman–Crippen MR) is 39.3 cm³/mol. The number of aryl methyl sites for hydroxylation is 2. The predicted octanol–water partition coefficient (Wildman–Crippen LogP) is 2.20. The molecular formula is C8H12N. The lowest BCUT2D eigenvalue weighted by Gasteiger charge is -1.93. The second-order valence-electron chi connectivity index (χ2n) is 2.30. The van der Waals surface area contributed by atoms with E-state index in [0.717, 1.165) is 0 Å². The number of aromatic amines is 1. The fraction of sp³-hybridized carbons (Fsp3) is 0.375. The summed E-state index contributed by atoms with van der Waals surface area (Å²) in [5, 5.41) is 0. The third-order valence-corrected chi connectivity index (χ3v) is 1.62. The number of rotatable bonds is 1. The molecule has 0 fully saturated rings. The van der Waals surface area contributed by atoms with Crippen molar-refractivity contribution >= 4 is 0 Å². The van der Waals surface area contributed by atoms with Gasteiger partial charge in [0.2, 0.25) is 0 Å². The Hall–Kier alpha value is -0.720. The fourth-order valence-electron chi connectivity index (χ4n) is 1.11. The summed E-state index contributed by atoms with van der Waals surface area (Å²) in [6.07, 6.45) is 4.16. The van der Waals surface area contributed by atoms with Crippen LogP contribution in [0.4, 0.5) is 0 Å². The molecule has 0 atom stereocenters. The first kappa shape index (κ1) is 6.40. The maximum atomic E-state index is 3.16. The fourth-order valence-corrected chi connectivity index (χ4v) is 1.11. The standard InChI is InChI=1S/C8H12N/c1-4-8-6(2)5-9-7(8)3/h4-5,9H,1-3H3. The van der Waals surface area contributed by atoms with Gasteiger partial charge in [0, 0.05) is 11.9 Å². The SMILES string of the molecule is C[CH]c1c(C)c[nH]c1C. The number of H-pyrrole nitrogens is 1. The Morgan fingerprint density at radius 2 is 2.11 bits per heavy atom. The van der Waals surface area contributed by atoms with E-state index in [1.807, 2.05) is 6.20 Å². The van der Waals surface area contributed by atoms with Crippen molar-refractivity contribution in [3.05, 3.63) is 29.4 Å². The van der Waals surface area contributed by atoms with E-state index in [-0.39, 0.29) is 0 Å². The Morgan fingerprint density at radius 1 is 1.44 bits per heavy atom. The summed E-state index contributed by atoms with van der Waals surface area (Å²) in [4.78, 5) is 3.16. The minimum atomic E-state index is 1.26. The molecule has 0 amide bonds. The van der Waals surface area contributed by atoms with Crippen LogP contribution in [0, 0.1) is 20.3 Å². The van der Waals surface area contributed by atoms with Crippen molar-refractivity contribution in [2.24, 2.45) is 0 Å². The van der Waals surface area contributed by atoms with E-state index in [1.54, 1.807) is 0 Å². The van der Waals surface area contributed by atoms with Crippen LogP contribution in [0.3, 0.4) is 0 Å². The van der Waals surface area contributed by atoms with E-state index in [9.17, 15) is 0 Å². The number of hydrogen-bond acceptors (Lipinski definition) is 0. The maximum Gasteiger partial charge on any atom is 0.0153 e. The molecule has 0 aliphatic carbocycles. The van der Waals surface area contributed by atoms with Crippen molar-refractivity contribution in [3.8, 4) is 0 Å². The molecule has 0 bridgehead atoms. The highest BCUT2D eigenvalue weighted by Crippen LogP contribution is 2.12. The smallest absolute Gasteiger partial charge is 0.0153 e. The van der Waals surface area contributed by atoms with Gasteiger partial charge in [-0.15, -0.1) is 0 Å². The summed E-state index contributed by atoms with van der Waals surface area (Å²) in [6.45, 7) is 6.25. The Morgan fingerprint density at radius 3 is 2.33 bits per heavy atom. The van der Waals surface area contributed by atoms with Crippen LogP contribution in [0.25, 0.3) is 0 Å². The van der Waals surface area contributed by atoms with E-state index >= 15 is 0 Å². The first-order valence-corrected chi connectivity index (χ1v) is 3.19. The van der Waals surface area contributed by atoms with Gasteiger partial charge in [0.05, 0.1) is 0 Å². The van der Waals surface area contributed by atoms with Gasteiger partial charge < -0.3 is 4.98 Å². The zero-order valence-corrected chi connectivity index (χ0v) is 6.15. The summed E-state index contributed by atoms with van der Waals surface area (Å²) in [5.74, 6) is 0. The van der Waals surface area contributed by atoms with Crippen molar-refractivity contribution in [3.63, 3.8) is 0 Å². The van der Waals surface area contributed by atoms with Crippen LogP contribution in [0.15, 0.2) is 6.20 Å². The molecule has 0 aliphatic heterocycles. The molecule has 0 saturated carbocycles. The van der Waals surface area contributed by atoms with Gasteiger partial charge in [0.1, 0.15) is 0 Å². The van der Waals surface area contributed by atoms with Crippen LogP contribution in [0.5, 0.6) is 0 Å². The molecule has 0 unspecified atom stereocenters. The Balaban J connectivity index is 3.07. The molecule has 1 N–H and O–H groups in total. The summed E-state index contributed by atoms with van der Waals surface area (Å²) in [5.41, 5.74) is 3.93. The molecular weight excluding hydrogens is 110 g/mol. The monoisotopic (exact) mass is 122 g/mol. The zero-order chi connectivity index (χ0) is 6.85. The van der Waals surface area contributed by atoms with Crippen LogP contribution in [-0.4, -0.2) is 4.98 Å². The van der Waals surface area contributed by atoms with Crippen LogP contribution in [0.1, 0.15) is 23.7 Å². The van der Waals surface area contributed by atoms with Crippen molar-refractivity contribution in [2.75, 3.05) is 0 Å². The Labute approximate surface area is 56.1 Å². The lowest BCUT2D eigenvalue weighted by molar-refractivity contribution is 1.23. The molecule has 0 aromatic carbocycles. The van der Waals surface area contributed by atoms with E-state index < -0.39 is 0 Å². The van der Waals surface area contributed by atoms with Crippen molar-refractivity contribution in [1.82, 2.24) is 4.98 Å². The molecule has 49 valence electrons. The normalized spacial score (nSPS) is 10.1. The van der Waals surface area contributed by atoms with Gasteiger partial charge in [-0.05, 0) is 31.4 Å². The van der Waals surface area contributed by atoms with Crippen LogP contribution < -0.4 is 0 Å².